The van der Waals surface area contributed by atoms with E-state index in [1.54, 1.807) is 15.6 Å². The molecule has 0 spiro atoms. The Kier molecular flexibility index (Phi) is 3.42. The lowest BCUT2D eigenvalue weighted by Crippen LogP contribution is -2.27. The van der Waals surface area contributed by atoms with Crippen LogP contribution in [0.3, 0.4) is 0 Å². The maximum Gasteiger partial charge on any atom is 0.273 e. The minimum absolute atomic E-state index is 0.0335. The molecule has 0 saturated heterocycles. The van der Waals surface area contributed by atoms with Gasteiger partial charge in [-0.3, -0.25) is 4.79 Å². The molecule has 2 aromatic rings. The number of rotatable bonds is 4. The van der Waals surface area contributed by atoms with E-state index in [2.05, 4.69) is 17.0 Å². The summed E-state index contributed by atoms with van der Waals surface area (Å²) in [5.41, 5.74) is 0.474. The number of aryl methyl sites for hydroxylation is 1. The zero-order valence-electron chi connectivity index (χ0n) is 10.3. The van der Waals surface area contributed by atoms with E-state index >= 15 is 0 Å². The van der Waals surface area contributed by atoms with Crippen LogP contribution < -0.4 is 0 Å². The number of unbranched alkanes of at least 4 members (excludes halogenated alkanes) is 1. The van der Waals surface area contributed by atoms with Crippen LogP contribution in [-0.2, 0) is 0 Å². The predicted octanol–water partition coefficient (Wildman–Crippen LogP) is 1.97. The van der Waals surface area contributed by atoms with E-state index in [1.165, 1.54) is 11.3 Å². The molecule has 0 bridgehead atoms. The second kappa shape index (κ2) is 4.83. The van der Waals surface area contributed by atoms with Crippen molar-refractivity contribution >= 4 is 22.2 Å². The van der Waals surface area contributed by atoms with Gasteiger partial charge in [0.1, 0.15) is 10.7 Å². The fourth-order valence-electron chi connectivity index (χ4n) is 1.60. The van der Waals surface area contributed by atoms with Gasteiger partial charge in [0.25, 0.3) is 5.91 Å². The highest BCUT2D eigenvalue weighted by molar-refractivity contribution is 7.16. The molecule has 0 aliphatic rings. The summed E-state index contributed by atoms with van der Waals surface area (Å²) in [6, 6.07) is 0. The SMILES string of the molecule is CCCCN(C)C(=O)c1cn2nc(C)sc2n1. The smallest absolute Gasteiger partial charge is 0.273 e. The topological polar surface area (TPSA) is 50.5 Å². The quantitative estimate of drug-likeness (QED) is 0.836. The zero-order valence-corrected chi connectivity index (χ0v) is 11.1. The van der Waals surface area contributed by atoms with Gasteiger partial charge in [0.15, 0.2) is 0 Å². The van der Waals surface area contributed by atoms with Gasteiger partial charge in [0, 0.05) is 13.6 Å². The number of aromatic nitrogens is 3. The number of carbonyl (C=O) groups is 1. The van der Waals surface area contributed by atoms with Crippen LogP contribution in [0.5, 0.6) is 0 Å². The van der Waals surface area contributed by atoms with Crippen molar-refractivity contribution in [1.82, 2.24) is 19.5 Å². The molecular weight excluding hydrogens is 236 g/mol. The number of hydrogen-bond acceptors (Lipinski definition) is 4. The minimum atomic E-state index is -0.0335. The number of amides is 1. The molecule has 0 radical (unpaired) electrons. The van der Waals surface area contributed by atoms with Crippen LogP contribution in [0.1, 0.15) is 35.3 Å². The van der Waals surface area contributed by atoms with Gasteiger partial charge in [-0.05, 0) is 13.3 Å². The Morgan fingerprint density at radius 1 is 1.59 bits per heavy atom. The van der Waals surface area contributed by atoms with E-state index in [4.69, 9.17) is 0 Å². The van der Waals surface area contributed by atoms with E-state index in [9.17, 15) is 4.79 Å². The molecule has 92 valence electrons. The number of imidazole rings is 1. The summed E-state index contributed by atoms with van der Waals surface area (Å²) >= 11 is 1.49. The molecule has 17 heavy (non-hydrogen) atoms. The van der Waals surface area contributed by atoms with Crippen molar-refractivity contribution in [3.05, 3.63) is 16.9 Å². The first kappa shape index (κ1) is 12.0. The largest absolute Gasteiger partial charge is 0.340 e. The van der Waals surface area contributed by atoms with Gasteiger partial charge < -0.3 is 4.90 Å². The highest BCUT2D eigenvalue weighted by atomic mass is 32.1. The Labute approximate surface area is 104 Å². The van der Waals surface area contributed by atoms with Gasteiger partial charge in [0.05, 0.1) is 6.20 Å². The van der Waals surface area contributed by atoms with Gasteiger partial charge in [-0.15, -0.1) is 0 Å². The summed E-state index contributed by atoms with van der Waals surface area (Å²) in [7, 11) is 1.81. The third-order valence-corrected chi connectivity index (χ3v) is 3.40. The molecule has 0 aliphatic carbocycles. The van der Waals surface area contributed by atoms with Crippen molar-refractivity contribution in [1.29, 1.82) is 0 Å². The van der Waals surface area contributed by atoms with E-state index in [0.717, 1.165) is 29.4 Å². The van der Waals surface area contributed by atoms with Gasteiger partial charge >= 0.3 is 0 Å². The Hall–Kier alpha value is -1.43. The van der Waals surface area contributed by atoms with E-state index < -0.39 is 0 Å². The van der Waals surface area contributed by atoms with Crippen molar-refractivity contribution < 1.29 is 4.79 Å². The Balaban J connectivity index is 2.15. The summed E-state index contributed by atoms with van der Waals surface area (Å²) in [6.45, 7) is 4.80. The normalized spacial score (nSPS) is 11.0. The molecule has 1 amide bonds. The first-order valence-corrected chi connectivity index (χ1v) is 6.51. The number of hydrogen-bond donors (Lipinski definition) is 0. The Morgan fingerprint density at radius 2 is 2.35 bits per heavy atom. The molecule has 2 heterocycles. The molecule has 2 rings (SSSR count). The Bertz CT molecular complexity index is 499. The van der Waals surface area contributed by atoms with Crippen molar-refractivity contribution in [2.45, 2.75) is 26.7 Å². The van der Waals surface area contributed by atoms with Crippen molar-refractivity contribution in [2.24, 2.45) is 0 Å². The van der Waals surface area contributed by atoms with Gasteiger partial charge in [-0.25, -0.2) is 9.50 Å². The van der Waals surface area contributed by atoms with Crippen LogP contribution in [-0.4, -0.2) is 39.0 Å². The second-order valence-corrected chi connectivity index (χ2v) is 5.21. The second-order valence-electron chi connectivity index (χ2n) is 4.05. The van der Waals surface area contributed by atoms with Crippen LogP contribution in [0, 0.1) is 6.92 Å². The summed E-state index contributed by atoms with van der Waals surface area (Å²) < 4.78 is 1.67. The third-order valence-electron chi connectivity index (χ3n) is 2.56. The first-order chi connectivity index (χ1) is 8.11. The average Bonchev–Trinajstić information content (AvgIpc) is 2.81. The fourth-order valence-corrected chi connectivity index (χ4v) is 2.32. The molecule has 0 saturated carbocycles. The highest BCUT2D eigenvalue weighted by Crippen LogP contribution is 2.14. The molecule has 0 N–H and O–H groups in total. The Morgan fingerprint density at radius 3 is 3.00 bits per heavy atom. The summed E-state index contributed by atoms with van der Waals surface area (Å²) in [5, 5.41) is 5.19. The van der Waals surface area contributed by atoms with Crippen LogP contribution in [0.25, 0.3) is 4.96 Å². The predicted molar refractivity (Wildman–Crippen MR) is 67.5 cm³/mol. The molecule has 0 atom stereocenters. The lowest BCUT2D eigenvalue weighted by Gasteiger charge is -2.14. The summed E-state index contributed by atoms with van der Waals surface area (Å²) in [4.78, 5) is 18.8. The molecule has 0 unspecified atom stereocenters. The summed E-state index contributed by atoms with van der Waals surface area (Å²) in [6.07, 6.45) is 3.79. The summed E-state index contributed by atoms with van der Waals surface area (Å²) in [5.74, 6) is -0.0335. The lowest BCUT2D eigenvalue weighted by molar-refractivity contribution is 0.0788. The van der Waals surface area contributed by atoms with E-state index in [0.29, 0.717) is 5.69 Å². The molecule has 6 heteroatoms. The number of carbonyl (C=O) groups excluding carboxylic acids is 1. The van der Waals surface area contributed by atoms with Gasteiger partial charge in [-0.1, -0.05) is 24.7 Å². The highest BCUT2D eigenvalue weighted by Gasteiger charge is 2.16. The van der Waals surface area contributed by atoms with Crippen molar-refractivity contribution in [2.75, 3.05) is 13.6 Å². The first-order valence-electron chi connectivity index (χ1n) is 5.70. The third kappa shape index (κ3) is 2.46. The monoisotopic (exact) mass is 252 g/mol. The molecule has 0 aromatic carbocycles. The van der Waals surface area contributed by atoms with Gasteiger partial charge in [-0.2, -0.15) is 5.10 Å². The van der Waals surface area contributed by atoms with Gasteiger partial charge in [0.2, 0.25) is 4.96 Å². The van der Waals surface area contributed by atoms with Crippen molar-refractivity contribution in [3.8, 4) is 0 Å². The molecular formula is C11H16N4OS. The van der Waals surface area contributed by atoms with Crippen LogP contribution in [0.15, 0.2) is 6.20 Å². The number of fused-ring (bicyclic) bond motifs is 1. The molecule has 2 aromatic heterocycles. The van der Waals surface area contributed by atoms with Crippen LogP contribution in [0.2, 0.25) is 0 Å². The molecule has 0 aliphatic heterocycles. The van der Waals surface area contributed by atoms with E-state index in [1.807, 2.05) is 14.0 Å². The van der Waals surface area contributed by atoms with Crippen LogP contribution >= 0.6 is 11.3 Å². The van der Waals surface area contributed by atoms with E-state index in [-0.39, 0.29) is 5.91 Å². The number of nitrogens with zero attached hydrogens (tertiary/aromatic N) is 4. The maximum atomic E-state index is 12.0. The molecule has 0 fully saturated rings. The average molecular weight is 252 g/mol. The minimum Gasteiger partial charge on any atom is -0.340 e. The maximum absolute atomic E-state index is 12.0. The van der Waals surface area contributed by atoms with Crippen LogP contribution in [0.4, 0.5) is 0 Å². The lowest BCUT2D eigenvalue weighted by atomic mass is 10.3. The fraction of sp³-hybridized carbons (Fsp3) is 0.545. The zero-order chi connectivity index (χ0) is 12.4. The van der Waals surface area contributed by atoms with Crippen molar-refractivity contribution in [3.63, 3.8) is 0 Å². The molecule has 5 nitrogen and oxygen atoms in total. The standard InChI is InChI=1S/C11H16N4OS/c1-4-5-6-14(3)10(16)9-7-15-11(12-9)17-8(2)13-15/h7H,4-6H2,1-3H3.